The molecule has 0 N–H and O–H groups in total. The number of esters is 1. The molecule has 0 aromatic heterocycles. The summed E-state index contributed by atoms with van der Waals surface area (Å²) in [6.45, 7) is 5.17. The van der Waals surface area contributed by atoms with Gasteiger partial charge in [-0.15, -0.1) is 0 Å². The maximum Gasteiger partial charge on any atom is 0.305 e. The van der Waals surface area contributed by atoms with Gasteiger partial charge in [-0.05, 0) is 64.2 Å². The number of ether oxygens (including phenoxy) is 1. The average molecular weight is 533 g/mol. The number of carbonyl (C=O) groups excluding carboxylic acids is 1. The first-order chi connectivity index (χ1) is 18.8. The Kier molecular flexibility index (Phi) is 33.0. The van der Waals surface area contributed by atoms with E-state index in [1.54, 1.807) is 0 Å². The number of allylic oxidation sites excluding steroid dienone is 4. The smallest absolute Gasteiger partial charge is 0.305 e. The van der Waals surface area contributed by atoms with Crippen LogP contribution in [-0.2, 0) is 9.53 Å². The summed E-state index contributed by atoms with van der Waals surface area (Å²) >= 11 is 0. The van der Waals surface area contributed by atoms with Gasteiger partial charge >= 0.3 is 5.97 Å². The predicted octanol–water partition coefficient (Wildman–Crippen LogP) is 12.6. The SMILES string of the molecule is CCCCCCCC/C=C\CCCCCCCCOC(=O)CCCCCCC/C=C/CCCCCCCC. The Morgan fingerprint density at radius 2 is 0.737 bits per heavy atom. The lowest BCUT2D eigenvalue weighted by atomic mass is 10.1. The van der Waals surface area contributed by atoms with Crippen molar-refractivity contribution < 1.29 is 9.53 Å². The zero-order valence-electron chi connectivity index (χ0n) is 26.1. The van der Waals surface area contributed by atoms with E-state index in [4.69, 9.17) is 4.74 Å². The fraction of sp³-hybridized carbons (Fsp3) is 0.861. The van der Waals surface area contributed by atoms with Gasteiger partial charge in [0.1, 0.15) is 0 Å². The van der Waals surface area contributed by atoms with E-state index in [0.29, 0.717) is 13.0 Å². The molecule has 2 heteroatoms. The van der Waals surface area contributed by atoms with Crippen molar-refractivity contribution >= 4 is 5.97 Å². The predicted molar refractivity (Wildman–Crippen MR) is 170 cm³/mol. The standard InChI is InChI=1S/C36H68O2/c1-3-5-7-9-11-13-15-17-19-21-23-25-27-29-31-33-35-38-36(37)34-32-30-28-26-24-22-20-18-16-14-12-10-8-6-4-2/h17-20H,3-16,21-35H2,1-2H3/b19-17-,20-18+. The van der Waals surface area contributed by atoms with Gasteiger partial charge in [-0.1, -0.05) is 147 Å². The Bertz CT molecular complexity index is 507. The highest BCUT2D eigenvalue weighted by atomic mass is 16.5. The first-order valence-electron chi connectivity index (χ1n) is 17.3. The van der Waals surface area contributed by atoms with Gasteiger partial charge in [-0.2, -0.15) is 0 Å². The Balaban J connectivity index is 3.23. The van der Waals surface area contributed by atoms with Crippen molar-refractivity contribution in [2.24, 2.45) is 0 Å². The second-order valence-electron chi connectivity index (χ2n) is 11.5. The summed E-state index contributed by atoms with van der Waals surface area (Å²) in [7, 11) is 0. The molecular weight excluding hydrogens is 464 g/mol. The first-order valence-corrected chi connectivity index (χ1v) is 17.3. The molecule has 0 saturated heterocycles. The lowest BCUT2D eigenvalue weighted by molar-refractivity contribution is -0.143. The number of hydrogen-bond donors (Lipinski definition) is 0. The van der Waals surface area contributed by atoms with Crippen LogP contribution in [0, 0.1) is 0 Å². The molecule has 0 heterocycles. The van der Waals surface area contributed by atoms with Crippen LogP contribution < -0.4 is 0 Å². The summed E-state index contributed by atoms with van der Waals surface area (Å²) in [5.74, 6) is 0.00961. The maximum absolute atomic E-state index is 11.9. The molecule has 0 aromatic carbocycles. The van der Waals surface area contributed by atoms with Gasteiger partial charge in [-0.25, -0.2) is 0 Å². The van der Waals surface area contributed by atoms with Crippen LogP contribution in [0.15, 0.2) is 24.3 Å². The molecule has 0 aliphatic heterocycles. The molecule has 0 aliphatic carbocycles. The van der Waals surface area contributed by atoms with Crippen molar-refractivity contribution in [3.8, 4) is 0 Å². The topological polar surface area (TPSA) is 26.3 Å². The number of rotatable bonds is 31. The minimum atomic E-state index is 0.00961. The van der Waals surface area contributed by atoms with E-state index < -0.39 is 0 Å². The molecular formula is C36H68O2. The normalized spacial score (nSPS) is 11.7. The van der Waals surface area contributed by atoms with Gasteiger partial charge in [0, 0.05) is 6.42 Å². The molecule has 0 saturated carbocycles. The lowest BCUT2D eigenvalue weighted by Crippen LogP contribution is -2.05. The van der Waals surface area contributed by atoms with E-state index in [1.165, 1.54) is 154 Å². The molecule has 0 aromatic rings. The second kappa shape index (κ2) is 34.0. The van der Waals surface area contributed by atoms with E-state index in [-0.39, 0.29) is 5.97 Å². The monoisotopic (exact) mass is 533 g/mol. The van der Waals surface area contributed by atoms with Gasteiger partial charge in [0.25, 0.3) is 0 Å². The highest BCUT2D eigenvalue weighted by Crippen LogP contribution is 2.12. The zero-order valence-corrected chi connectivity index (χ0v) is 26.1. The van der Waals surface area contributed by atoms with E-state index >= 15 is 0 Å². The van der Waals surface area contributed by atoms with Crippen LogP contribution in [0.5, 0.6) is 0 Å². The fourth-order valence-corrected chi connectivity index (χ4v) is 4.95. The van der Waals surface area contributed by atoms with E-state index in [2.05, 4.69) is 38.2 Å². The molecule has 0 amide bonds. The van der Waals surface area contributed by atoms with Crippen LogP contribution in [0.1, 0.15) is 194 Å². The summed E-state index contributed by atoms with van der Waals surface area (Å²) in [6, 6.07) is 0. The highest BCUT2D eigenvalue weighted by molar-refractivity contribution is 5.69. The van der Waals surface area contributed by atoms with Crippen LogP contribution in [0.25, 0.3) is 0 Å². The fourth-order valence-electron chi connectivity index (χ4n) is 4.95. The molecule has 0 spiro atoms. The first kappa shape index (κ1) is 37.0. The van der Waals surface area contributed by atoms with Crippen molar-refractivity contribution in [2.45, 2.75) is 194 Å². The van der Waals surface area contributed by atoms with Gasteiger partial charge in [0.15, 0.2) is 0 Å². The largest absolute Gasteiger partial charge is 0.466 e. The van der Waals surface area contributed by atoms with Crippen LogP contribution in [0.4, 0.5) is 0 Å². The number of carbonyl (C=O) groups is 1. The van der Waals surface area contributed by atoms with Crippen molar-refractivity contribution in [3.05, 3.63) is 24.3 Å². The quantitative estimate of drug-likeness (QED) is 0.0504. The van der Waals surface area contributed by atoms with Crippen molar-refractivity contribution in [2.75, 3.05) is 6.61 Å². The third kappa shape index (κ3) is 33.0. The van der Waals surface area contributed by atoms with Crippen LogP contribution in [0.2, 0.25) is 0 Å². The van der Waals surface area contributed by atoms with Crippen LogP contribution in [-0.4, -0.2) is 12.6 Å². The summed E-state index contributed by atoms with van der Waals surface area (Å²) in [4.78, 5) is 11.9. The lowest BCUT2D eigenvalue weighted by Gasteiger charge is -2.05. The second-order valence-corrected chi connectivity index (χ2v) is 11.5. The van der Waals surface area contributed by atoms with Crippen molar-refractivity contribution in [1.29, 1.82) is 0 Å². The third-order valence-corrected chi connectivity index (χ3v) is 7.56. The maximum atomic E-state index is 11.9. The van der Waals surface area contributed by atoms with Gasteiger partial charge in [0.05, 0.1) is 6.61 Å². The van der Waals surface area contributed by atoms with E-state index in [0.717, 1.165) is 19.3 Å². The molecule has 0 bridgehead atoms. The molecule has 2 nitrogen and oxygen atoms in total. The summed E-state index contributed by atoms with van der Waals surface area (Å²) in [5, 5.41) is 0. The van der Waals surface area contributed by atoms with Crippen molar-refractivity contribution in [1.82, 2.24) is 0 Å². The number of unbranched alkanes of at least 4 members (excludes halogenated alkanes) is 23. The number of hydrogen-bond acceptors (Lipinski definition) is 2. The molecule has 0 rings (SSSR count). The van der Waals surface area contributed by atoms with Crippen LogP contribution >= 0.6 is 0 Å². The molecule has 0 atom stereocenters. The Morgan fingerprint density at radius 1 is 0.421 bits per heavy atom. The summed E-state index contributed by atoms with van der Waals surface area (Å²) < 4.78 is 5.42. The summed E-state index contributed by atoms with van der Waals surface area (Å²) in [6.07, 6.45) is 45.2. The molecule has 224 valence electrons. The molecule has 0 fully saturated rings. The molecule has 0 unspecified atom stereocenters. The molecule has 38 heavy (non-hydrogen) atoms. The molecule has 0 radical (unpaired) electrons. The van der Waals surface area contributed by atoms with Gasteiger partial charge < -0.3 is 4.74 Å². The Hall–Kier alpha value is -1.05. The van der Waals surface area contributed by atoms with Gasteiger partial charge in [0.2, 0.25) is 0 Å². The van der Waals surface area contributed by atoms with Crippen LogP contribution in [0.3, 0.4) is 0 Å². The molecule has 0 aliphatic rings. The Labute approximate surface area is 239 Å². The van der Waals surface area contributed by atoms with E-state index in [9.17, 15) is 4.79 Å². The van der Waals surface area contributed by atoms with Gasteiger partial charge in [-0.3, -0.25) is 4.79 Å². The average Bonchev–Trinajstić information content (AvgIpc) is 2.92. The van der Waals surface area contributed by atoms with Crippen molar-refractivity contribution in [3.63, 3.8) is 0 Å². The van der Waals surface area contributed by atoms with E-state index in [1.807, 2.05) is 0 Å². The Morgan fingerprint density at radius 3 is 1.13 bits per heavy atom. The summed E-state index contributed by atoms with van der Waals surface area (Å²) in [5.41, 5.74) is 0. The zero-order chi connectivity index (χ0) is 27.6. The third-order valence-electron chi connectivity index (χ3n) is 7.56. The minimum Gasteiger partial charge on any atom is -0.466 e. The highest BCUT2D eigenvalue weighted by Gasteiger charge is 2.02. The minimum absolute atomic E-state index is 0.00961.